The number of hydrogen-bond donors (Lipinski definition) is 1. The molecule has 0 aliphatic heterocycles. The van der Waals surface area contributed by atoms with E-state index in [4.69, 9.17) is 0 Å². The summed E-state index contributed by atoms with van der Waals surface area (Å²) in [7, 11) is -3.76. The number of hydrogen-bond acceptors (Lipinski definition) is 4. The number of nitrogens with one attached hydrogen (secondary N) is 1. The number of anilines is 1. The van der Waals surface area contributed by atoms with Gasteiger partial charge in [0, 0.05) is 17.1 Å². The van der Waals surface area contributed by atoms with E-state index in [1.807, 2.05) is 44.2 Å². The standard InChI is InChI=1S/C23H30BrN3O4S/c1-5-17(2)25-23(29)18(3)26(15-19-11-7-6-8-12-19)22(28)16-27(32(4,30)31)21-14-10-9-13-20(21)24/h6-14,17-18H,5,15-16H2,1-4H3,(H,25,29)/t17-,18+/m1/s1. The Labute approximate surface area is 199 Å². The molecule has 9 heteroatoms. The average Bonchev–Trinajstić information content (AvgIpc) is 2.75. The quantitative estimate of drug-likeness (QED) is 0.515. The Kier molecular flexibility index (Phi) is 9.27. The number of halogens is 1. The fraction of sp³-hybridized carbons (Fsp3) is 0.391. The minimum Gasteiger partial charge on any atom is -0.352 e. The summed E-state index contributed by atoms with van der Waals surface area (Å²) >= 11 is 3.36. The first-order valence-electron chi connectivity index (χ1n) is 10.4. The number of carbonyl (C=O) groups is 2. The smallest absolute Gasteiger partial charge is 0.244 e. The third-order valence-electron chi connectivity index (χ3n) is 5.16. The van der Waals surface area contributed by atoms with E-state index in [9.17, 15) is 18.0 Å². The molecular formula is C23H30BrN3O4S. The zero-order valence-corrected chi connectivity index (χ0v) is 21.2. The lowest BCUT2D eigenvalue weighted by atomic mass is 10.1. The zero-order valence-electron chi connectivity index (χ0n) is 18.8. The van der Waals surface area contributed by atoms with Crippen LogP contribution in [0.1, 0.15) is 32.8 Å². The predicted octanol–water partition coefficient (Wildman–Crippen LogP) is 3.55. The predicted molar refractivity (Wildman–Crippen MR) is 131 cm³/mol. The number of amides is 2. The summed E-state index contributed by atoms with van der Waals surface area (Å²) in [4.78, 5) is 27.6. The van der Waals surface area contributed by atoms with Gasteiger partial charge in [-0.15, -0.1) is 0 Å². The second-order valence-electron chi connectivity index (χ2n) is 7.72. The van der Waals surface area contributed by atoms with Crippen LogP contribution in [0.15, 0.2) is 59.1 Å². The second-order valence-corrected chi connectivity index (χ2v) is 10.5. The maximum atomic E-state index is 13.4. The van der Waals surface area contributed by atoms with E-state index in [-0.39, 0.29) is 18.5 Å². The Morgan fingerprint density at radius 3 is 2.19 bits per heavy atom. The van der Waals surface area contributed by atoms with Gasteiger partial charge in [-0.05, 0) is 53.9 Å². The highest BCUT2D eigenvalue weighted by Crippen LogP contribution is 2.28. The van der Waals surface area contributed by atoms with Crippen molar-refractivity contribution in [1.29, 1.82) is 0 Å². The molecule has 0 radical (unpaired) electrons. The average molecular weight is 524 g/mol. The lowest BCUT2D eigenvalue weighted by Crippen LogP contribution is -2.52. The first-order valence-corrected chi connectivity index (χ1v) is 13.0. The van der Waals surface area contributed by atoms with Crippen LogP contribution in [0.5, 0.6) is 0 Å². The molecule has 0 aromatic heterocycles. The lowest BCUT2D eigenvalue weighted by molar-refractivity contribution is -0.139. The largest absolute Gasteiger partial charge is 0.352 e. The third kappa shape index (κ3) is 7.06. The van der Waals surface area contributed by atoms with Gasteiger partial charge < -0.3 is 10.2 Å². The number of carbonyl (C=O) groups excluding carboxylic acids is 2. The van der Waals surface area contributed by atoms with E-state index in [1.54, 1.807) is 31.2 Å². The zero-order chi connectivity index (χ0) is 23.9. The molecule has 32 heavy (non-hydrogen) atoms. The molecule has 0 aliphatic carbocycles. The van der Waals surface area contributed by atoms with Crippen LogP contribution in [0.2, 0.25) is 0 Å². The van der Waals surface area contributed by atoms with Gasteiger partial charge in [0.2, 0.25) is 21.8 Å². The molecule has 0 spiro atoms. The number of sulfonamides is 1. The molecule has 1 N–H and O–H groups in total. The van der Waals surface area contributed by atoms with Crippen molar-refractivity contribution in [2.75, 3.05) is 17.1 Å². The monoisotopic (exact) mass is 523 g/mol. The summed E-state index contributed by atoms with van der Waals surface area (Å²) in [5.74, 6) is -0.753. The van der Waals surface area contributed by atoms with Gasteiger partial charge in [0.05, 0.1) is 11.9 Å². The molecular weight excluding hydrogens is 494 g/mol. The highest BCUT2D eigenvalue weighted by molar-refractivity contribution is 9.10. The van der Waals surface area contributed by atoms with Crippen molar-refractivity contribution in [1.82, 2.24) is 10.2 Å². The summed E-state index contributed by atoms with van der Waals surface area (Å²) in [6.07, 6.45) is 1.81. The Hall–Kier alpha value is -2.39. The third-order valence-corrected chi connectivity index (χ3v) is 6.96. The highest BCUT2D eigenvalue weighted by atomic mass is 79.9. The molecule has 0 saturated carbocycles. The molecule has 0 aliphatic rings. The molecule has 0 heterocycles. The van der Waals surface area contributed by atoms with Crippen LogP contribution >= 0.6 is 15.9 Å². The van der Waals surface area contributed by atoms with Crippen molar-refractivity contribution < 1.29 is 18.0 Å². The molecule has 0 saturated heterocycles. The molecule has 2 aromatic rings. The summed E-state index contributed by atoms with van der Waals surface area (Å²) in [6, 6.07) is 15.3. The maximum absolute atomic E-state index is 13.4. The summed E-state index contributed by atoms with van der Waals surface area (Å²) < 4.78 is 26.7. The molecule has 174 valence electrons. The van der Waals surface area contributed by atoms with Gasteiger partial charge in [-0.1, -0.05) is 49.4 Å². The number of rotatable bonds is 10. The van der Waals surface area contributed by atoms with Crippen LogP contribution in [0, 0.1) is 0 Å². The van der Waals surface area contributed by atoms with E-state index in [0.29, 0.717) is 10.2 Å². The fourth-order valence-corrected chi connectivity index (χ4v) is 4.55. The van der Waals surface area contributed by atoms with Crippen molar-refractivity contribution in [3.05, 3.63) is 64.6 Å². The van der Waals surface area contributed by atoms with Gasteiger partial charge in [0.25, 0.3) is 0 Å². The number of para-hydroxylation sites is 1. The van der Waals surface area contributed by atoms with Gasteiger partial charge in [-0.3, -0.25) is 13.9 Å². The maximum Gasteiger partial charge on any atom is 0.244 e. The van der Waals surface area contributed by atoms with Gasteiger partial charge in [0.1, 0.15) is 12.6 Å². The second kappa shape index (κ2) is 11.5. The van der Waals surface area contributed by atoms with Gasteiger partial charge in [0.15, 0.2) is 0 Å². The molecule has 0 unspecified atom stereocenters. The minimum absolute atomic E-state index is 0.0357. The van der Waals surface area contributed by atoms with Crippen LogP contribution in [0.4, 0.5) is 5.69 Å². The number of nitrogens with zero attached hydrogens (tertiary/aromatic N) is 2. The summed E-state index contributed by atoms with van der Waals surface area (Å²) in [5.41, 5.74) is 1.20. The first kappa shape index (κ1) is 25.9. The highest BCUT2D eigenvalue weighted by Gasteiger charge is 2.30. The molecule has 0 bridgehead atoms. The van der Waals surface area contributed by atoms with E-state index in [1.165, 1.54) is 4.90 Å². The van der Waals surface area contributed by atoms with E-state index in [0.717, 1.165) is 22.5 Å². The molecule has 7 nitrogen and oxygen atoms in total. The van der Waals surface area contributed by atoms with Crippen LogP contribution < -0.4 is 9.62 Å². The van der Waals surface area contributed by atoms with Crippen molar-refractivity contribution in [3.8, 4) is 0 Å². The van der Waals surface area contributed by atoms with Crippen LogP contribution in [0.3, 0.4) is 0 Å². The van der Waals surface area contributed by atoms with Crippen LogP contribution in [-0.2, 0) is 26.2 Å². The van der Waals surface area contributed by atoms with Crippen LogP contribution in [-0.4, -0.2) is 50.0 Å². The Morgan fingerprint density at radius 2 is 1.62 bits per heavy atom. The molecule has 0 fully saturated rings. The fourth-order valence-electron chi connectivity index (χ4n) is 3.08. The topological polar surface area (TPSA) is 86.8 Å². The minimum atomic E-state index is -3.76. The van der Waals surface area contributed by atoms with Crippen LogP contribution in [0.25, 0.3) is 0 Å². The summed E-state index contributed by atoms with van der Waals surface area (Å²) in [6.45, 7) is 5.27. The van der Waals surface area contributed by atoms with Crippen molar-refractivity contribution in [2.45, 2.75) is 45.8 Å². The van der Waals surface area contributed by atoms with E-state index >= 15 is 0 Å². The Morgan fingerprint density at radius 1 is 1.03 bits per heavy atom. The molecule has 2 rings (SSSR count). The molecule has 2 amide bonds. The Bertz CT molecular complexity index is 1030. The molecule has 2 aromatic carbocycles. The lowest BCUT2D eigenvalue weighted by Gasteiger charge is -2.32. The SMILES string of the molecule is CC[C@@H](C)NC(=O)[C@H](C)N(Cc1ccccc1)C(=O)CN(c1ccccc1Br)S(C)(=O)=O. The van der Waals surface area contributed by atoms with E-state index in [2.05, 4.69) is 21.2 Å². The molecule has 2 atom stereocenters. The summed E-state index contributed by atoms with van der Waals surface area (Å²) in [5, 5.41) is 2.90. The van der Waals surface area contributed by atoms with Crippen molar-refractivity contribution in [2.24, 2.45) is 0 Å². The van der Waals surface area contributed by atoms with E-state index < -0.39 is 28.5 Å². The van der Waals surface area contributed by atoms with Gasteiger partial charge >= 0.3 is 0 Å². The first-order chi connectivity index (χ1) is 15.0. The van der Waals surface area contributed by atoms with Gasteiger partial charge in [-0.2, -0.15) is 0 Å². The normalized spacial score (nSPS) is 13.2. The van der Waals surface area contributed by atoms with Crippen molar-refractivity contribution in [3.63, 3.8) is 0 Å². The number of benzene rings is 2. The Balaban J connectivity index is 2.37. The van der Waals surface area contributed by atoms with Crippen molar-refractivity contribution >= 4 is 43.5 Å². The van der Waals surface area contributed by atoms with Gasteiger partial charge in [-0.25, -0.2) is 8.42 Å².